The lowest BCUT2D eigenvalue weighted by Gasteiger charge is -2.28. The molecule has 3 amide bonds. The van der Waals surface area contributed by atoms with Gasteiger partial charge in [-0.25, -0.2) is 9.78 Å². The van der Waals surface area contributed by atoms with Crippen LogP contribution in [-0.2, 0) is 16.9 Å². The summed E-state index contributed by atoms with van der Waals surface area (Å²) in [5.41, 5.74) is 0.900. The molecule has 2 aromatic carbocycles. The van der Waals surface area contributed by atoms with Gasteiger partial charge in [-0.3, -0.25) is 9.69 Å². The second kappa shape index (κ2) is 6.85. The number of urea groups is 1. The highest BCUT2D eigenvalue weighted by atomic mass is 35.5. The van der Waals surface area contributed by atoms with Gasteiger partial charge in [-0.2, -0.15) is 0 Å². The smallest absolute Gasteiger partial charge is 0.315 e. The van der Waals surface area contributed by atoms with Crippen molar-refractivity contribution in [2.24, 2.45) is 0 Å². The fourth-order valence-electron chi connectivity index (χ4n) is 3.34. The molecular weight excluding hydrogens is 362 g/mol. The molecule has 3 aromatic rings. The molecule has 0 atom stereocenters. The SMILES string of the molecule is O=C1NC(c2ccccc2)(c2ccccc2)C(=O)N1Cc1ccc(Cl)nc1. The van der Waals surface area contributed by atoms with Crippen molar-refractivity contribution >= 4 is 23.5 Å². The quantitative estimate of drug-likeness (QED) is 0.556. The molecule has 1 saturated heterocycles. The Morgan fingerprint density at radius 3 is 2.00 bits per heavy atom. The Kier molecular flexibility index (Phi) is 4.38. The molecule has 27 heavy (non-hydrogen) atoms. The van der Waals surface area contributed by atoms with E-state index in [1.807, 2.05) is 60.7 Å². The molecule has 134 valence electrons. The standard InChI is InChI=1S/C21H16ClN3O2/c22-18-12-11-15(13-23-18)14-25-19(26)21(24-20(25)27,16-7-3-1-4-8-16)17-9-5-2-6-10-17/h1-13H,14H2,(H,24,27). The van der Waals surface area contributed by atoms with Crippen LogP contribution in [0.25, 0.3) is 0 Å². The van der Waals surface area contributed by atoms with Crippen LogP contribution in [-0.4, -0.2) is 21.8 Å². The molecule has 1 N–H and O–H groups in total. The van der Waals surface area contributed by atoms with Gasteiger partial charge >= 0.3 is 6.03 Å². The number of nitrogens with zero attached hydrogens (tertiary/aromatic N) is 2. The number of amides is 3. The van der Waals surface area contributed by atoms with Gasteiger partial charge in [0, 0.05) is 6.20 Å². The Balaban J connectivity index is 1.78. The first-order valence-electron chi connectivity index (χ1n) is 8.47. The average molecular weight is 378 g/mol. The molecule has 0 unspecified atom stereocenters. The van der Waals surface area contributed by atoms with Crippen molar-refractivity contribution in [1.82, 2.24) is 15.2 Å². The minimum absolute atomic E-state index is 0.121. The monoisotopic (exact) mass is 377 g/mol. The van der Waals surface area contributed by atoms with E-state index in [9.17, 15) is 9.59 Å². The van der Waals surface area contributed by atoms with Crippen LogP contribution in [0, 0.1) is 0 Å². The maximum atomic E-state index is 13.5. The van der Waals surface area contributed by atoms with Gasteiger partial charge in [0.1, 0.15) is 5.15 Å². The zero-order valence-corrected chi connectivity index (χ0v) is 15.1. The van der Waals surface area contributed by atoms with Crippen LogP contribution in [0.3, 0.4) is 0 Å². The van der Waals surface area contributed by atoms with Gasteiger partial charge in [-0.05, 0) is 22.8 Å². The zero-order chi connectivity index (χ0) is 18.9. The minimum Gasteiger partial charge on any atom is -0.315 e. The summed E-state index contributed by atoms with van der Waals surface area (Å²) in [7, 11) is 0. The van der Waals surface area contributed by atoms with E-state index >= 15 is 0 Å². The zero-order valence-electron chi connectivity index (χ0n) is 14.3. The van der Waals surface area contributed by atoms with Crippen molar-refractivity contribution in [3.63, 3.8) is 0 Å². The van der Waals surface area contributed by atoms with Gasteiger partial charge in [-0.1, -0.05) is 78.3 Å². The lowest BCUT2D eigenvalue weighted by molar-refractivity contribution is -0.130. The highest BCUT2D eigenvalue weighted by Crippen LogP contribution is 2.36. The second-order valence-electron chi connectivity index (χ2n) is 6.29. The fraction of sp³-hybridized carbons (Fsp3) is 0.0952. The Hall–Kier alpha value is -3.18. The van der Waals surface area contributed by atoms with Crippen molar-refractivity contribution in [2.45, 2.75) is 12.1 Å². The molecule has 1 aromatic heterocycles. The number of carbonyl (C=O) groups is 2. The summed E-state index contributed by atoms with van der Waals surface area (Å²) in [6.07, 6.45) is 1.56. The highest BCUT2D eigenvalue weighted by Gasteiger charge is 2.53. The first-order valence-corrected chi connectivity index (χ1v) is 8.84. The van der Waals surface area contributed by atoms with Gasteiger partial charge in [0.25, 0.3) is 5.91 Å². The topological polar surface area (TPSA) is 62.3 Å². The van der Waals surface area contributed by atoms with Crippen LogP contribution < -0.4 is 5.32 Å². The highest BCUT2D eigenvalue weighted by molar-refractivity contribution is 6.29. The molecule has 5 nitrogen and oxygen atoms in total. The molecule has 0 saturated carbocycles. The lowest BCUT2D eigenvalue weighted by atomic mass is 9.82. The minimum atomic E-state index is -1.25. The van der Waals surface area contributed by atoms with Crippen LogP contribution in [0.2, 0.25) is 5.15 Å². The number of hydrogen-bond acceptors (Lipinski definition) is 3. The average Bonchev–Trinajstić information content (AvgIpc) is 2.96. The van der Waals surface area contributed by atoms with Crippen molar-refractivity contribution in [1.29, 1.82) is 0 Å². The maximum Gasteiger partial charge on any atom is 0.325 e. The van der Waals surface area contributed by atoms with E-state index in [2.05, 4.69) is 10.3 Å². The van der Waals surface area contributed by atoms with Crippen LogP contribution >= 0.6 is 11.6 Å². The van der Waals surface area contributed by atoms with Gasteiger partial charge in [0.15, 0.2) is 5.54 Å². The van der Waals surface area contributed by atoms with Gasteiger partial charge in [0.05, 0.1) is 6.54 Å². The van der Waals surface area contributed by atoms with Crippen LogP contribution in [0.1, 0.15) is 16.7 Å². The summed E-state index contributed by atoms with van der Waals surface area (Å²) in [5.74, 6) is -0.320. The number of halogens is 1. The second-order valence-corrected chi connectivity index (χ2v) is 6.68. The third kappa shape index (κ3) is 2.96. The molecule has 1 fully saturated rings. The van der Waals surface area contributed by atoms with E-state index in [0.29, 0.717) is 16.3 Å². The Morgan fingerprint density at radius 1 is 0.889 bits per heavy atom. The van der Waals surface area contributed by atoms with Crippen molar-refractivity contribution in [2.75, 3.05) is 0 Å². The van der Waals surface area contributed by atoms with E-state index < -0.39 is 11.6 Å². The maximum absolute atomic E-state index is 13.5. The summed E-state index contributed by atoms with van der Waals surface area (Å²) < 4.78 is 0. The molecule has 0 aliphatic carbocycles. The number of carbonyl (C=O) groups excluding carboxylic acids is 2. The molecule has 0 bridgehead atoms. The Bertz CT molecular complexity index is 936. The van der Waals surface area contributed by atoms with Crippen molar-refractivity contribution in [3.8, 4) is 0 Å². The molecule has 6 heteroatoms. The van der Waals surface area contributed by atoms with Gasteiger partial charge in [0.2, 0.25) is 0 Å². The van der Waals surface area contributed by atoms with E-state index in [4.69, 9.17) is 11.6 Å². The predicted molar refractivity (Wildman–Crippen MR) is 102 cm³/mol. The van der Waals surface area contributed by atoms with Gasteiger partial charge in [-0.15, -0.1) is 0 Å². The number of aromatic nitrogens is 1. The van der Waals surface area contributed by atoms with Crippen molar-refractivity contribution < 1.29 is 9.59 Å². The first-order chi connectivity index (χ1) is 13.1. The molecule has 1 aliphatic rings. The van der Waals surface area contributed by atoms with E-state index in [1.54, 1.807) is 18.3 Å². The van der Waals surface area contributed by atoms with Crippen LogP contribution in [0.4, 0.5) is 4.79 Å². The number of benzene rings is 2. The molecular formula is C21H16ClN3O2. The molecule has 4 rings (SSSR count). The number of nitrogens with one attached hydrogen (secondary N) is 1. The van der Waals surface area contributed by atoms with Gasteiger partial charge < -0.3 is 5.32 Å². The van der Waals surface area contributed by atoms with Crippen molar-refractivity contribution in [3.05, 3.63) is 101 Å². The van der Waals surface area contributed by atoms with E-state index in [1.165, 1.54) is 4.90 Å². The normalized spacial score (nSPS) is 15.7. The summed E-state index contributed by atoms with van der Waals surface area (Å²) in [6, 6.07) is 21.5. The molecule has 0 radical (unpaired) electrons. The lowest BCUT2D eigenvalue weighted by Crippen LogP contribution is -2.45. The third-order valence-corrected chi connectivity index (χ3v) is 4.87. The summed E-state index contributed by atoms with van der Waals surface area (Å²) in [6.45, 7) is 0.121. The largest absolute Gasteiger partial charge is 0.325 e. The molecule has 0 spiro atoms. The third-order valence-electron chi connectivity index (χ3n) is 4.65. The number of hydrogen-bond donors (Lipinski definition) is 1. The Morgan fingerprint density at radius 2 is 1.48 bits per heavy atom. The fourth-order valence-corrected chi connectivity index (χ4v) is 3.45. The summed E-state index contributed by atoms with van der Waals surface area (Å²) in [4.78, 5) is 31.5. The van der Waals surface area contributed by atoms with Crippen LogP contribution in [0.5, 0.6) is 0 Å². The number of pyridine rings is 1. The summed E-state index contributed by atoms with van der Waals surface area (Å²) in [5, 5.41) is 3.28. The van der Waals surface area contributed by atoms with Crippen LogP contribution in [0.15, 0.2) is 79.0 Å². The number of imide groups is 1. The predicted octanol–water partition coefficient (Wildman–Crippen LogP) is 3.73. The summed E-state index contributed by atoms with van der Waals surface area (Å²) >= 11 is 5.82. The van der Waals surface area contributed by atoms with E-state index in [-0.39, 0.29) is 12.5 Å². The Labute approximate surface area is 161 Å². The number of rotatable bonds is 4. The van der Waals surface area contributed by atoms with E-state index in [0.717, 1.165) is 5.56 Å². The first kappa shape index (κ1) is 17.2. The molecule has 2 heterocycles. The molecule has 1 aliphatic heterocycles.